The molecule has 0 aromatic heterocycles. The average molecular weight is 1290 g/mol. The van der Waals surface area contributed by atoms with Gasteiger partial charge in [0.2, 0.25) is 0 Å². The molecule has 2 saturated heterocycles. The Morgan fingerprint density at radius 2 is 1.01 bits per heavy atom. The molecule has 0 spiro atoms. The van der Waals surface area contributed by atoms with E-state index in [2.05, 4.69) is 48.5 Å². The summed E-state index contributed by atoms with van der Waals surface area (Å²) < 4.78 is 214. The molecule has 0 unspecified atom stereocenters. The van der Waals surface area contributed by atoms with E-state index in [9.17, 15) is 70.0 Å². The third kappa shape index (κ3) is 11.9. The zero-order valence-corrected chi connectivity index (χ0v) is 54.0. The Balaban J connectivity index is 0.892. The summed E-state index contributed by atoms with van der Waals surface area (Å²) in [7, 11) is -25.4. The van der Waals surface area contributed by atoms with E-state index >= 15 is 0 Å². The topological polar surface area (TPSA) is 357 Å². The molecule has 0 aromatic carbocycles. The normalized spacial score (nSPS) is 46.7. The number of aliphatic hydroxyl groups is 1. The minimum Gasteiger partial charge on any atom is -0.390 e. The zero-order valence-electron chi connectivity index (χ0n) is 49.9. The summed E-state index contributed by atoms with van der Waals surface area (Å²) in [5, 5.41) is 11.4. The van der Waals surface area contributed by atoms with Crippen LogP contribution in [-0.2, 0) is 82.4 Å². The highest BCUT2D eigenvalue weighted by atomic mass is 32.3. The molecule has 6 fully saturated rings. The molecule has 2 heterocycles. The number of fused-ring (bicyclic) bond motifs is 10. The van der Waals surface area contributed by atoms with Gasteiger partial charge in [-0.05, 0) is 198 Å². The van der Waals surface area contributed by atoms with Crippen molar-refractivity contribution in [3.8, 4) is 0 Å². The van der Waals surface area contributed by atoms with E-state index in [1.54, 1.807) is 6.92 Å². The standard InChI is InChI=1S/C56H90O23S5/c1-28(35-13-15-37-33-24-43(75-81(61,62)63)48-31(4)50(78-84(70,71)72)45(77-83(67,68)69)27-55(48,10)40(33)18-20-52(35,37)7)12-17-46-56(11)25-32(51(5,6)79-56)22-41(73-46)29(2)36-14-16-38-34-23-42(74-80(58,59)60)47-30(3)49(57)44(76-82(64,65)66)26-54(47,9)39(34)19-21-53(36,38)8/h28-32,35-38,41-50,57H,12-27H2,1-11H3,(H,58,59,60)(H,61,62,63)(H,64,65,66)(H,67,68,69)(H,70,71,72)/t28-,29+,30-,31-,32+,35-,36-,37-,38+,41-,42+,43+,44+,45+,46+,47+,48+,49-,50-,52-,53-,54-,55-,56+/m1/s1. The summed E-state index contributed by atoms with van der Waals surface area (Å²) in [6.07, 6.45) is 0.429. The van der Waals surface area contributed by atoms with Crippen LogP contribution in [0.5, 0.6) is 0 Å². The fourth-order valence-corrected chi connectivity index (χ4v) is 24.1. The molecule has 84 heavy (non-hydrogen) atoms. The van der Waals surface area contributed by atoms with Crippen LogP contribution in [0.4, 0.5) is 0 Å². The number of allylic oxidation sites excluding steroid dienone is 2. The Morgan fingerprint density at radius 1 is 0.571 bits per heavy atom. The largest absolute Gasteiger partial charge is 0.397 e. The van der Waals surface area contributed by atoms with Gasteiger partial charge in [-0.1, -0.05) is 77.7 Å². The summed E-state index contributed by atoms with van der Waals surface area (Å²) in [6, 6.07) is 0. The molecule has 482 valence electrons. The second kappa shape index (κ2) is 21.7. The number of rotatable bonds is 16. The summed E-state index contributed by atoms with van der Waals surface area (Å²) >= 11 is 0. The van der Waals surface area contributed by atoms with E-state index in [1.165, 1.54) is 6.92 Å². The Morgan fingerprint density at radius 3 is 1.51 bits per heavy atom. The maximum atomic E-state index is 12.6. The second-order valence-electron chi connectivity index (χ2n) is 29.4. The molecule has 8 aliphatic carbocycles. The summed E-state index contributed by atoms with van der Waals surface area (Å²) in [5.74, 6) is -2.48. The number of ether oxygens (including phenoxy) is 2. The van der Waals surface area contributed by atoms with Crippen LogP contribution in [0.1, 0.15) is 179 Å². The van der Waals surface area contributed by atoms with Crippen molar-refractivity contribution < 1.29 is 100 Å². The van der Waals surface area contributed by atoms with E-state index in [4.69, 9.17) is 30.4 Å². The molecule has 2 aliphatic heterocycles. The molecular weight excluding hydrogens is 1200 g/mol. The van der Waals surface area contributed by atoms with Gasteiger partial charge in [-0.3, -0.25) is 22.8 Å². The van der Waals surface area contributed by atoms with Crippen molar-refractivity contribution in [2.75, 3.05) is 0 Å². The van der Waals surface area contributed by atoms with Crippen LogP contribution in [0.15, 0.2) is 22.3 Å². The van der Waals surface area contributed by atoms with Gasteiger partial charge in [0.1, 0.15) is 18.3 Å². The maximum absolute atomic E-state index is 12.6. The van der Waals surface area contributed by atoms with Crippen LogP contribution in [0, 0.1) is 86.8 Å². The molecule has 10 aliphatic rings. The lowest BCUT2D eigenvalue weighted by Gasteiger charge is -2.59. The Hall–Kier alpha value is -1.29. The first-order valence-corrected chi connectivity index (χ1v) is 36.9. The lowest BCUT2D eigenvalue weighted by atomic mass is 9.47. The third-order valence-electron chi connectivity index (χ3n) is 24.6. The molecule has 23 nitrogen and oxygen atoms in total. The molecule has 0 aromatic rings. The number of hydrogen-bond acceptors (Lipinski definition) is 18. The van der Waals surface area contributed by atoms with Gasteiger partial charge in [-0.25, -0.2) is 20.9 Å². The molecule has 2 bridgehead atoms. The molecule has 4 saturated carbocycles. The minimum absolute atomic E-state index is 0.00250. The van der Waals surface area contributed by atoms with Crippen LogP contribution in [0.3, 0.4) is 0 Å². The molecule has 6 N–H and O–H groups in total. The summed E-state index contributed by atoms with van der Waals surface area (Å²) in [6.45, 7) is 22.6. The van der Waals surface area contributed by atoms with E-state index < -0.39 is 134 Å². The van der Waals surface area contributed by atoms with Gasteiger partial charge in [0.05, 0.1) is 41.7 Å². The molecular formula is C56H90O23S5. The van der Waals surface area contributed by atoms with Crippen LogP contribution in [-0.4, -0.2) is 130 Å². The molecule has 28 heteroatoms. The highest BCUT2D eigenvalue weighted by molar-refractivity contribution is 7.81. The van der Waals surface area contributed by atoms with Gasteiger partial charge < -0.3 is 14.6 Å². The first-order chi connectivity index (χ1) is 38.3. The maximum Gasteiger partial charge on any atom is 0.397 e. The van der Waals surface area contributed by atoms with Crippen molar-refractivity contribution >= 4 is 52.0 Å². The SMILES string of the molecule is C[C@H]1[C@@H](O)[C@@H](OS(=O)(=O)O)C[C@]2(C)C3=C(C[C@H](OS(=O)(=O)O)[C@H]12)[C@@H]1CC[C@H]([C@H](C)[C@H]2C[C@H]4C[C@](C)(OC4(C)C)[C@H](CC[C@@H](C)[C@H]4CC[C@@H]5C6=C(CC[C@@]54C)[C@@]4(C)C[C@H](OS(=O)(=O)O)[C@H](OS(=O)(=O)O)[C@H](C)[C@H]4[C@@H](OS(=O)(=O)O)C6)O2)[C@@]1(C)CC3. The molecule has 0 amide bonds. The number of aliphatic hydroxyl groups excluding tert-OH is 1. The quantitative estimate of drug-likeness (QED) is 0.0623. The first-order valence-electron chi connectivity index (χ1n) is 30.1. The van der Waals surface area contributed by atoms with Gasteiger partial charge >= 0.3 is 52.0 Å². The lowest BCUT2D eigenvalue weighted by molar-refractivity contribution is -0.200. The predicted molar refractivity (Wildman–Crippen MR) is 302 cm³/mol. The lowest BCUT2D eigenvalue weighted by Crippen LogP contribution is -2.60. The Kier molecular flexibility index (Phi) is 16.9. The Bertz CT molecular complexity index is 3240. The molecule has 10 rings (SSSR count). The van der Waals surface area contributed by atoms with E-state index in [1.807, 2.05) is 13.8 Å². The van der Waals surface area contributed by atoms with Gasteiger partial charge in [-0.2, -0.15) is 42.1 Å². The van der Waals surface area contributed by atoms with Crippen molar-refractivity contribution in [3.63, 3.8) is 0 Å². The average Bonchev–Trinajstić information content (AvgIpc) is 1.11. The fourth-order valence-electron chi connectivity index (χ4n) is 21.6. The molecule has 24 atom stereocenters. The van der Waals surface area contributed by atoms with Crippen molar-refractivity contribution in [1.29, 1.82) is 0 Å². The monoisotopic (exact) mass is 1290 g/mol. The van der Waals surface area contributed by atoms with Crippen molar-refractivity contribution in [3.05, 3.63) is 22.3 Å². The van der Waals surface area contributed by atoms with Crippen LogP contribution in [0.2, 0.25) is 0 Å². The zero-order chi connectivity index (χ0) is 62.0. The van der Waals surface area contributed by atoms with Crippen LogP contribution >= 0.6 is 0 Å². The van der Waals surface area contributed by atoms with Gasteiger partial charge in [0.25, 0.3) is 0 Å². The Labute approximate surface area is 497 Å². The van der Waals surface area contributed by atoms with Gasteiger partial charge in [0.15, 0.2) is 0 Å². The van der Waals surface area contributed by atoms with Crippen molar-refractivity contribution in [1.82, 2.24) is 0 Å². The van der Waals surface area contributed by atoms with Gasteiger partial charge in [0, 0.05) is 11.8 Å². The van der Waals surface area contributed by atoms with E-state index in [0.29, 0.717) is 19.3 Å². The van der Waals surface area contributed by atoms with Crippen molar-refractivity contribution in [2.45, 2.75) is 239 Å². The summed E-state index contributed by atoms with van der Waals surface area (Å²) in [4.78, 5) is 0. The van der Waals surface area contributed by atoms with Crippen LogP contribution < -0.4 is 0 Å². The van der Waals surface area contributed by atoms with E-state index in [0.717, 1.165) is 80.1 Å². The number of hydrogen-bond donors (Lipinski definition) is 6. The highest BCUT2D eigenvalue weighted by Gasteiger charge is 2.66. The fraction of sp³-hybridized carbons (Fsp3) is 0.929. The molecule has 0 radical (unpaired) electrons. The van der Waals surface area contributed by atoms with Crippen molar-refractivity contribution in [2.24, 2.45) is 86.8 Å². The second-order valence-corrected chi connectivity index (χ2v) is 34.6. The van der Waals surface area contributed by atoms with Gasteiger partial charge in [-0.15, -0.1) is 0 Å². The first kappa shape index (κ1) is 65.7. The van der Waals surface area contributed by atoms with Crippen LogP contribution in [0.25, 0.3) is 0 Å². The highest BCUT2D eigenvalue weighted by Crippen LogP contribution is 2.70. The smallest absolute Gasteiger partial charge is 0.390 e. The predicted octanol–water partition coefficient (Wildman–Crippen LogP) is 8.45. The third-order valence-corrected chi connectivity index (χ3v) is 27.0. The van der Waals surface area contributed by atoms with E-state index in [-0.39, 0.29) is 90.1 Å². The summed E-state index contributed by atoms with van der Waals surface area (Å²) in [5.41, 5.74) is 0.443. The minimum atomic E-state index is -5.21.